The molecule has 0 atom stereocenters. The molecule has 2 N–H and O–H groups in total. The van der Waals surface area contributed by atoms with E-state index >= 15 is 0 Å². The van der Waals surface area contributed by atoms with E-state index in [4.69, 9.17) is 0 Å². The predicted molar refractivity (Wildman–Crippen MR) is 90.5 cm³/mol. The summed E-state index contributed by atoms with van der Waals surface area (Å²) < 4.78 is 15.1. The molecule has 0 heterocycles. The van der Waals surface area contributed by atoms with Crippen LogP contribution in [-0.2, 0) is 4.79 Å². The second-order valence-electron chi connectivity index (χ2n) is 4.45. The number of hydrogen-bond acceptors (Lipinski definition) is 2. The molecule has 0 radical (unpaired) electrons. The average Bonchev–Trinajstić information content (AvgIpc) is 2.44. The Morgan fingerprint density at radius 3 is 2.27 bits per heavy atom. The molecule has 0 unspecified atom stereocenters. The van der Waals surface area contributed by atoms with Crippen LogP contribution in [0.25, 0.3) is 0 Å². The zero-order chi connectivity index (χ0) is 16.3. The summed E-state index contributed by atoms with van der Waals surface area (Å²) in [5.41, 5.74) is 0.705. The van der Waals surface area contributed by atoms with Gasteiger partial charge in [-0.3, -0.25) is 9.59 Å². The minimum absolute atomic E-state index is 0.0943. The summed E-state index contributed by atoms with van der Waals surface area (Å²) in [5.74, 6) is -1.51. The van der Waals surface area contributed by atoms with Crippen molar-refractivity contribution in [2.24, 2.45) is 0 Å². The van der Waals surface area contributed by atoms with Gasteiger partial charge >= 0.3 is 0 Å². The number of carbonyl (C=O) groups excluding carboxylic acids is 2. The van der Waals surface area contributed by atoms with Gasteiger partial charge in [0.05, 0.1) is 16.9 Å². The molecule has 0 fully saturated rings. The number of rotatable bonds is 3. The molecular formula is C15H11Br2FN2O2. The predicted octanol–water partition coefficient (Wildman–Crippen LogP) is 4.56. The van der Waals surface area contributed by atoms with Crippen LogP contribution in [0.1, 0.15) is 17.3 Å². The summed E-state index contributed by atoms with van der Waals surface area (Å²) in [6.07, 6.45) is 0. The van der Waals surface area contributed by atoms with Crippen molar-refractivity contribution in [2.45, 2.75) is 6.92 Å². The molecule has 2 amide bonds. The second-order valence-corrected chi connectivity index (χ2v) is 6.28. The average molecular weight is 430 g/mol. The van der Waals surface area contributed by atoms with E-state index in [1.165, 1.54) is 25.1 Å². The fourth-order valence-electron chi connectivity index (χ4n) is 1.78. The summed E-state index contributed by atoms with van der Waals surface area (Å²) in [4.78, 5) is 23.4. The smallest absolute Gasteiger partial charge is 0.258 e. The van der Waals surface area contributed by atoms with Gasteiger partial charge in [-0.15, -0.1) is 0 Å². The third kappa shape index (κ3) is 4.14. The van der Waals surface area contributed by atoms with Crippen molar-refractivity contribution in [3.05, 3.63) is 56.7 Å². The molecule has 0 bridgehead atoms. The highest BCUT2D eigenvalue weighted by atomic mass is 79.9. The number of hydrogen-bond donors (Lipinski definition) is 2. The van der Waals surface area contributed by atoms with E-state index in [1.54, 1.807) is 18.2 Å². The third-order valence-corrected chi connectivity index (χ3v) is 3.70. The minimum Gasteiger partial charge on any atom is -0.325 e. The Kier molecular flexibility index (Phi) is 5.31. The molecule has 0 aromatic heterocycles. The highest BCUT2D eigenvalue weighted by molar-refractivity contribution is 9.10. The Morgan fingerprint density at radius 2 is 1.59 bits per heavy atom. The first-order valence-corrected chi connectivity index (χ1v) is 7.79. The molecule has 0 saturated carbocycles. The van der Waals surface area contributed by atoms with Gasteiger partial charge in [0, 0.05) is 15.9 Å². The molecule has 0 saturated heterocycles. The monoisotopic (exact) mass is 428 g/mol. The van der Waals surface area contributed by atoms with E-state index in [0.717, 1.165) is 0 Å². The maximum Gasteiger partial charge on any atom is 0.258 e. The van der Waals surface area contributed by atoms with Gasteiger partial charge in [0.2, 0.25) is 5.91 Å². The maximum atomic E-state index is 13.8. The van der Waals surface area contributed by atoms with Crippen LogP contribution in [0.5, 0.6) is 0 Å². The molecule has 114 valence electrons. The second kappa shape index (κ2) is 7.02. The first-order chi connectivity index (χ1) is 10.4. The molecule has 0 aliphatic heterocycles. The third-order valence-electron chi connectivity index (χ3n) is 2.71. The van der Waals surface area contributed by atoms with Gasteiger partial charge in [-0.1, -0.05) is 31.9 Å². The lowest BCUT2D eigenvalue weighted by Crippen LogP contribution is -2.16. The Balaban J connectivity index is 2.33. The van der Waals surface area contributed by atoms with Gasteiger partial charge in [-0.05, 0) is 36.4 Å². The van der Waals surface area contributed by atoms with Crippen LogP contribution >= 0.6 is 31.9 Å². The van der Waals surface area contributed by atoms with Crippen molar-refractivity contribution < 1.29 is 14.0 Å². The summed E-state index contributed by atoms with van der Waals surface area (Å²) >= 11 is 6.49. The quantitative estimate of drug-likeness (QED) is 0.751. The van der Waals surface area contributed by atoms with E-state index in [1.807, 2.05) is 0 Å². The van der Waals surface area contributed by atoms with Gasteiger partial charge in [-0.2, -0.15) is 0 Å². The van der Waals surface area contributed by atoms with E-state index in [9.17, 15) is 14.0 Å². The van der Waals surface area contributed by atoms with Crippen LogP contribution in [0.15, 0.2) is 45.3 Å². The SMILES string of the molecule is CC(=O)Nc1ccc(Br)cc1NC(=O)c1cc(Br)ccc1F. The van der Waals surface area contributed by atoms with E-state index in [2.05, 4.69) is 42.5 Å². The Morgan fingerprint density at radius 1 is 0.955 bits per heavy atom. The molecule has 2 aromatic rings. The lowest BCUT2D eigenvalue weighted by Gasteiger charge is -2.12. The van der Waals surface area contributed by atoms with Crippen molar-refractivity contribution in [3.8, 4) is 0 Å². The van der Waals surface area contributed by atoms with Gasteiger partial charge in [-0.25, -0.2) is 4.39 Å². The summed E-state index contributed by atoms with van der Waals surface area (Å²) in [6.45, 7) is 1.36. The van der Waals surface area contributed by atoms with E-state index in [-0.39, 0.29) is 11.5 Å². The first-order valence-electron chi connectivity index (χ1n) is 6.20. The van der Waals surface area contributed by atoms with Crippen molar-refractivity contribution in [1.82, 2.24) is 0 Å². The number of carbonyl (C=O) groups is 2. The zero-order valence-corrected chi connectivity index (χ0v) is 14.6. The van der Waals surface area contributed by atoms with Crippen molar-refractivity contribution in [2.75, 3.05) is 10.6 Å². The van der Waals surface area contributed by atoms with Gasteiger partial charge in [0.25, 0.3) is 5.91 Å². The fraction of sp³-hybridized carbons (Fsp3) is 0.0667. The summed E-state index contributed by atoms with van der Waals surface area (Å²) in [6, 6.07) is 9.08. The van der Waals surface area contributed by atoms with Crippen LogP contribution in [0.3, 0.4) is 0 Å². The number of nitrogens with one attached hydrogen (secondary N) is 2. The topological polar surface area (TPSA) is 58.2 Å². The Hall–Kier alpha value is -1.73. The van der Waals surface area contributed by atoms with Crippen molar-refractivity contribution in [1.29, 1.82) is 0 Å². The van der Waals surface area contributed by atoms with E-state index in [0.29, 0.717) is 20.3 Å². The van der Waals surface area contributed by atoms with Crippen LogP contribution in [0.4, 0.5) is 15.8 Å². The largest absolute Gasteiger partial charge is 0.325 e. The molecule has 0 spiro atoms. The first kappa shape index (κ1) is 16.6. The number of halogens is 3. The lowest BCUT2D eigenvalue weighted by molar-refractivity contribution is -0.114. The standard InChI is InChI=1S/C15H11Br2FN2O2/c1-8(21)19-13-5-3-10(17)7-14(13)20-15(22)11-6-9(16)2-4-12(11)18/h2-7H,1H3,(H,19,21)(H,20,22). The zero-order valence-electron chi connectivity index (χ0n) is 11.4. The number of amides is 2. The van der Waals surface area contributed by atoms with Crippen LogP contribution < -0.4 is 10.6 Å². The molecule has 22 heavy (non-hydrogen) atoms. The molecule has 2 aromatic carbocycles. The molecule has 2 rings (SSSR count). The summed E-state index contributed by atoms with van der Waals surface area (Å²) in [7, 11) is 0. The van der Waals surface area contributed by atoms with Gasteiger partial charge in [0.1, 0.15) is 5.82 Å². The van der Waals surface area contributed by atoms with Crippen LogP contribution in [0, 0.1) is 5.82 Å². The number of anilines is 2. The lowest BCUT2D eigenvalue weighted by atomic mass is 10.2. The van der Waals surface area contributed by atoms with Gasteiger partial charge < -0.3 is 10.6 Å². The molecule has 0 aliphatic rings. The van der Waals surface area contributed by atoms with Crippen LogP contribution in [-0.4, -0.2) is 11.8 Å². The minimum atomic E-state index is -0.628. The highest BCUT2D eigenvalue weighted by Gasteiger charge is 2.15. The molecule has 4 nitrogen and oxygen atoms in total. The highest BCUT2D eigenvalue weighted by Crippen LogP contribution is 2.27. The van der Waals surface area contributed by atoms with Gasteiger partial charge in [0.15, 0.2) is 0 Å². The van der Waals surface area contributed by atoms with Crippen molar-refractivity contribution in [3.63, 3.8) is 0 Å². The maximum absolute atomic E-state index is 13.8. The molecular weight excluding hydrogens is 419 g/mol. The van der Waals surface area contributed by atoms with E-state index < -0.39 is 11.7 Å². The Labute approximate surface area is 143 Å². The Bertz CT molecular complexity index is 750. The van der Waals surface area contributed by atoms with Crippen molar-refractivity contribution >= 4 is 55.0 Å². The molecule has 0 aliphatic carbocycles. The fourth-order valence-corrected chi connectivity index (χ4v) is 2.50. The number of benzene rings is 2. The van der Waals surface area contributed by atoms with Crippen LogP contribution in [0.2, 0.25) is 0 Å². The summed E-state index contributed by atoms with van der Waals surface area (Å²) in [5, 5.41) is 5.20. The molecule has 7 heteroatoms. The normalized spacial score (nSPS) is 10.2.